The van der Waals surface area contributed by atoms with Crippen LogP contribution in [0.5, 0.6) is 5.75 Å². The fourth-order valence-corrected chi connectivity index (χ4v) is 2.80. The maximum atomic E-state index is 13.8. The van der Waals surface area contributed by atoms with E-state index in [1.165, 1.54) is 7.11 Å². The molecule has 0 aliphatic heterocycles. The number of ether oxygens (including phenoxy) is 1. The lowest BCUT2D eigenvalue weighted by molar-refractivity contribution is 0.262. The summed E-state index contributed by atoms with van der Waals surface area (Å²) in [5, 5.41) is 4.92. The highest BCUT2D eigenvalue weighted by Crippen LogP contribution is 2.32. The van der Waals surface area contributed by atoms with Gasteiger partial charge in [-0.05, 0) is 42.5 Å². The summed E-state index contributed by atoms with van der Waals surface area (Å²) in [7, 11) is 1.46. The Morgan fingerprint density at radius 1 is 1.00 bits per heavy atom. The highest BCUT2D eigenvalue weighted by atomic mass is 19.1. The molecule has 6 nitrogen and oxygen atoms in total. The minimum Gasteiger partial charge on any atom is -0.495 e. The maximum absolute atomic E-state index is 13.8. The Kier molecular flexibility index (Phi) is 4.82. The zero-order valence-electron chi connectivity index (χ0n) is 15.2. The molecule has 2 amide bonds. The van der Waals surface area contributed by atoms with Crippen molar-refractivity contribution in [2.75, 3.05) is 17.7 Å². The highest BCUT2D eigenvalue weighted by molar-refractivity contribution is 6.01. The summed E-state index contributed by atoms with van der Waals surface area (Å²) in [4.78, 5) is 16.7. The molecule has 0 spiro atoms. The fraction of sp³-hybridized carbons (Fsp3) is 0.0476. The first-order valence-corrected chi connectivity index (χ1v) is 8.60. The molecule has 0 saturated heterocycles. The van der Waals surface area contributed by atoms with E-state index in [2.05, 4.69) is 15.6 Å². The van der Waals surface area contributed by atoms with Crippen LogP contribution in [0.25, 0.3) is 22.6 Å². The van der Waals surface area contributed by atoms with E-state index in [4.69, 9.17) is 9.15 Å². The highest BCUT2D eigenvalue weighted by Gasteiger charge is 2.14. The number of aromatic nitrogens is 1. The number of amides is 2. The summed E-state index contributed by atoms with van der Waals surface area (Å²) >= 11 is 0. The Morgan fingerprint density at radius 2 is 1.79 bits per heavy atom. The predicted octanol–water partition coefficient (Wildman–Crippen LogP) is 5.43. The van der Waals surface area contributed by atoms with E-state index in [0.29, 0.717) is 40.1 Å². The van der Waals surface area contributed by atoms with Crippen molar-refractivity contribution in [1.82, 2.24) is 4.98 Å². The van der Waals surface area contributed by atoms with Crippen molar-refractivity contribution in [3.05, 3.63) is 72.3 Å². The van der Waals surface area contributed by atoms with Crippen LogP contribution in [-0.4, -0.2) is 18.1 Å². The van der Waals surface area contributed by atoms with E-state index in [9.17, 15) is 13.6 Å². The van der Waals surface area contributed by atoms with Crippen LogP contribution >= 0.6 is 0 Å². The van der Waals surface area contributed by atoms with Crippen molar-refractivity contribution in [2.24, 2.45) is 0 Å². The summed E-state index contributed by atoms with van der Waals surface area (Å²) in [6.07, 6.45) is 0. The number of benzene rings is 3. The first-order chi connectivity index (χ1) is 14.0. The van der Waals surface area contributed by atoms with Crippen molar-refractivity contribution >= 4 is 28.5 Å². The molecule has 8 heteroatoms. The number of anilines is 2. The van der Waals surface area contributed by atoms with Gasteiger partial charge in [0, 0.05) is 11.6 Å². The second-order valence-electron chi connectivity index (χ2n) is 6.11. The molecule has 1 heterocycles. The summed E-state index contributed by atoms with van der Waals surface area (Å²) in [5.41, 5.74) is 2.13. The Balaban J connectivity index is 1.60. The number of rotatable bonds is 4. The largest absolute Gasteiger partial charge is 0.495 e. The smallest absolute Gasteiger partial charge is 0.323 e. The van der Waals surface area contributed by atoms with E-state index in [-0.39, 0.29) is 5.69 Å². The molecule has 2 N–H and O–H groups in total. The van der Waals surface area contributed by atoms with E-state index in [1.54, 1.807) is 24.3 Å². The van der Waals surface area contributed by atoms with Gasteiger partial charge in [0.25, 0.3) is 0 Å². The van der Waals surface area contributed by atoms with Gasteiger partial charge in [-0.2, -0.15) is 0 Å². The molecule has 146 valence electrons. The summed E-state index contributed by atoms with van der Waals surface area (Å²) in [6.45, 7) is 0. The van der Waals surface area contributed by atoms with Gasteiger partial charge < -0.3 is 19.8 Å². The number of para-hydroxylation sites is 2. The van der Waals surface area contributed by atoms with Gasteiger partial charge in [-0.25, -0.2) is 18.6 Å². The van der Waals surface area contributed by atoms with Gasteiger partial charge >= 0.3 is 6.03 Å². The quantitative estimate of drug-likeness (QED) is 0.483. The van der Waals surface area contributed by atoms with Crippen molar-refractivity contribution in [2.45, 2.75) is 0 Å². The molecule has 4 aromatic rings. The van der Waals surface area contributed by atoms with Gasteiger partial charge in [0.1, 0.15) is 22.9 Å². The van der Waals surface area contributed by atoms with Gasteiger partial charge in [-0.1, -0.05) is 12.1 Å². The van der Waals surface area contributed by atoms with Crippen LogP contribution in [0.1, 0.15) is 0 Å². The molecule has 1 aromatic heterocycles. The molecular weight excluding hydrogens is 380 g/mol. The number of halogens is 2. The SMILES string of the molecule is COc1ccc(-c2nc3ccccc3o2)cc1NC(=O)Nc1ccc(F)cc1F. The summed E-state index contributed by atoms with van der Waals surface area (Å²) in [5.74, 6) is -0.852. The van der Waals surface area contributed by atoms with Crippen LogP contribution in [0.3, 0.4) is 0 Å². The predicted molar refractivity (Wildman–Crippen MR) is 105 cm³/mol. The monoisotopic (exact) mass is 395 g/mol. The molecule has 0 fully saturated rings. The third kappa shape index (κ3) is 3.86. The second kappa shape index (κ2) is 7.59. The Bertz CT molecular complexity index is 1170. The zero-order chi connectivity index (χ0) is 20.4. The summed E-state index contributed by atoms with van der Waals surface area (Å²) in [6, 6.07) is 14.5. The second-order valence-corrected chi connectivity index (χ2v) is 6.11. The normalized spacial score (nSPS) is 10.7. The van der Waals surface area contributed by atoms with Gasteiger partial charge in [0.2, 0.25) is 5.89 Å². The van der Waals surface area contributed by atoms with Gasteiger partial charge in [-0.15, -0.1) is 0 Å². The maximum Gasteiger partial charge on any atom is 0.323 e. The number of carbonyl (C=O) groups is 1. The average molecular weight is 395 g/mol. The van der Waals surface area contributed by atoms with Crippen LogP contribution in [0.4, 0.5) is 25.0 Å². The molecule has 3 aromatic carbocycles. The molecular formula is C21H15F2N3O3. The van der Waals surface area contributed by atoms with Gasteiger partial charge in [0.15, 0.2) is 5.58 Å². The van der Waals surface area contributed by atoms with Crippen LogP contribution < -0.4 is 15.4 Å². The first kappa shape index (κ1) is 18.4. The number of methoxy groups -OCH3 is 1. The number of nitrogens with one attached hydrogen (secondary N) is 2. The number of fused-ring (bicyclic) bond motifs is 1. The number of oxazole rings is 1. The Hall–Kier alpha value is -3.94. The topological polar surface area (TPSA) is 76.4 Å². The molecule has 29 heavy (non-hydrogen) atoms. The molecule has 4 rings (SSSR count). The van der Waals surface area contributed by atoms with Crippen molar-refractivity contribution in [3.63, 3.8) is 0 Å². The standard InChI is InChI=1S/C21H15F2N3O3/c1-28-18-9-6-12(20-24-16-4-2-3-5-19(16)29-20)10-17(18)26-21(27)25-15-8-7-13(22)11-14(15)23/h2-11H,1H3,(H2,25,26,27). The fourth-order valence-electron chi connectivity index (χ4n) is 2.80. The lowest BCUT2D eigenvalue weighted by Crippen LogP contribution is -2.20. The Labute approximate surface area is 164 Å². The van der Waals surface area contributed by atoms with E-state index in [0.717, 1.165) is 12.1 Å². The van der Waals surface area contributed by atoms with Crippen molar-refractivity contribution in [3.8, 4) is 17.2 Å². The lowest BCUT2D eigenvalue weighted by Gasteiger charge is -2.12. The van der Waals surface area contributed by atoms with Crippen molar-refractivity contribution in [1.29, 1.82) is 0 Å². The zero-order valence-corrected chi connectivity index (χ0v) is 15.2. The number of hydrogen-bond donors (Lipinski definition) is 2. The number of nitrogens with zero attached hydrogens (tertiary/aromatic N) is 1. The van der Waals surface area contributed by atoms with E-state index >= 15 is 0 Å². The van der Waals surface area contributed by atoms with E-state index < -0.39 is 17.7 Å². The molecule has 0 aliphatic rings. The number of urea groups is 1. The number of carbonyl (C=O) groups excluding carboxylic acids is 1. The number of hydrogen-bond acceptors (Lipinski definition) is 4. The third-order valence-corrected chi connectivity index (χ3v) is 4.17. The van der Waals surface area contributed by atoms with Gasteiger partial charge in [-0.3, -0.25) is 0 Å². The molecule has 0 unspecified atom stereocenters. The van der Waals surface area contributed by atoms with Crippen LogP contribution in [0, 0.1) is 11.6 Å². The van der Waals surface area contributed by atoms with Gasteiger partial charge in [0.05, 0.1) is 18.5 Å². The molecule has 0 aliphatic carbocycles. The van der Waals surface area contributed by atoms with Crippen molar-refractivity contribution < 1.29 is 22.7 Å². The molecule has 0 radical (unpaired) electrons. The van der Waals surface area contributed by atoms with E-state index in [1.807, 2.05) is 18.2 Å². The minimum atomic E-state index is -0.882. The lowest BCUT2D eigenvalue weighted by atomic mass is 10.2. The first-order valence-electron chi connectivity index (χ1n) is 8.60. The molecule has 0 atom stereocenters. The average Bonchev–Trinajstić information content (AvgIpc) is 3.14. The van der Waals surface area contributed by atoms with Crippen LogP contribution in [-0.2, 0) is 0 Å². The van der Waals surface area contributed by atoms with Crippen LogP contribution in [0.15, 0.2) is 65.1 Å². The molecule has 0 bridgehead atoms. The third-order valence-electron chi connectivity index (χ3n) is 4.17. The molecule has 0 saturated carbocycles. The Morgan fingerprint density at radius 3 is 2.55 bits per heavy atom. The van der Waals surface area contributed by atoms with Crippen LogP contribution in [0.2, 0.25) is 0 Å². The minimum absolute atomic E-state index is 0.155. The summed E-state index contributed by atoms with van der Waals surface area (Å²) < 4.78 is 37.8.